The van der Waals surface area contributed by atoms with Gasteiger partial charge in [-0.15, -0.1) is 0 Å². The van der Waals surface area contributed by atoms with Gasteiger partial charge in [0, 0.05) is 29.0 Å². The number of hydrogen-bond donors (Lipinski definition) is 1. The number of fused-ring (bicyclic) bond motifs is 1. The maximum absolute atomic E-state index is 12.1. The highest BCUT2D eigenvalue weighted by molar-refractivity contribution is 9.10. The topological polar surface area (TPSA) is 56.1 Å². The van der Waals surface area contributed by atoms with Gasteiger partial charge in [-0.1, -0.05) is 51.8 Å². The van der Waals surface area contributed by atoms with Crippen LogP contribution < -0.4 is 10.1 Å². The van der Waals surface area contributed by atoms with E-state index in [-0.39, 0.29) is 12.5 Å². The quantitative estimate of drug-likeness (QED) is 0.296. The van der Waals surface area contributed by atoms with Crippen molar-refractivity contribution in [3.05, 3.63) is 93.7 Å². The third kappa shape index (κ3) is 5.90. The van der Waals surface area contributed by atoms with E-state index in [1.165, 1.54) is 5.56 Å². The van der Waals surface area contributed by atoms with E-state index >= 15 is 0 Å². The van der Waals surface area contributed by atoms with Crippen molar-refractivity contribution in [1.29, 1.82) is 0 Å². The Balaban J connectivity index is 1.33. The highest BCUT2D eigenvalue weighted by Gasteiger charge is 2.11. The average Bonchev–Trinajstić information content (AvgIpc) is 3.13. The van der Waals surface area contributed by atoms with Crippen LogP contribution in [0.4, 0.5) is 0 Å². The molecule has 1 heterocycles. The number of para-hydroxylation sites is 2. The fraction of sp³-hybridized carbons (Fsp3) is 0.200. The van der Waals surface area contributed by atoms with E-state index in [9.17, 15) is 4.79 Å². The lowest BCUT2D eigenvalue weighted by Crippen LogP contribution is -2.30. The molecule has 0 aliphatic rings. The van der Waals surface area contributed by atoms with Crippen LogP contribution in [0.5, 0.6) is 5.75 Å². The largest absolute Gasteiger partial charge is 0.484 e. The molecule has 1 N–H and O–H groups in total. The van der Waals surface area contributed by atoms with Gasteiger partial charge < -0.3 is 14.6 Å². The summed E-state index contributed by atoms with van der Waals surface area (Å²) >= 11 is 9.40. The van der Waals surface area contributed by atoms with E-state index in [0.29, 0.717) is 17.3 Å². The second-order valence-electron chi connectivity index (χ2n) is 7.43. The molecule has 1 amide bonds. The minimum absolute atomic E-state index is 0.0248. The highest BCUT2D eigenvalue weighted by Crippen LogP contribution is 2.20. The Labute approximate surface area is 200 Å². The molecule has 4 rings (SSSR count). The monoisotopic (exact) mass is 511 g/mol. The maximum Gasteiger partial charge on any atom is 0.257 e. The minimum Gasteiger partial charge on any atom is -0.484 e. The fourth-order valence-corrected chi connectivity index (χ4v) is 4.09. The zero-order valence-corrected chi connectivity index (χ0v) is 19.8. The summed E-state index contributed by atoms with van der Waals surface area (Å²) in [7, 11) is 0. The van der Waals surface area contributed by atoms with E-state index in [1.807, 2.05) is 30.3 Å². The number of rotatable bonds is 9. The van der Waals surface area contributed by atoms with Crippen LogP contribution in [0.15, 0.2) is 77.3 Å². The van der Waals surface area contributed by atoms with Crippen molar-refractivity contribution in [2.45, 2.75) is 19.4 Å². The molecule has 0 saturated carbocycles. The Morgan fingerprint density at radius 3 is 2.69 bits per heavy atom. The average molecular weight is 513 g/mol. The molecule has 0 unspecified atom stereocenters. The number of aromatic nitrogens is 2. The predicted molar refractivity (Wildman–Crippen MR) is 131 cm³/mol. The van der Waals surface area contributed by atoms with E-state index < -0.39 is 0 Å². The van der Waals surface area contributed by atoms with Crippen LogP contribution >= 0.6 is 27.5 Å². The Kier molecular flexibility index (Phi) is 7.45. The molecule has 32 heavy (non-hydrogen) atoms. The second kappa shape index (κ2) is 10.7. The summed E-state index contributed by atoms with van der Waals surface area (Å²) in [5.41, 5.74) is 3.30. The molecular formula is C25H23BrClN3O2. The maximum atomic E-state index is 12.1. The molecule has 3 aromatic carbocycles. The molecule has 0 atom stereocenters. The van der Waals surface area contributed by atoms with Gasteiger partial charge in [0.2, 0.25) is 0 Å². The molecule has 0 fully saturated rings. The van der Waals surface area contributed by atoms with Crippen molar-refractivity contribution < 1.29 is 9.53 Å². The van der Waals surface area contributed by atoms with Crippen molar-refractivity contribution >= 4 is 44.5 Å². The predicted octanol–water partition coefficient (Wildman–Crippen LogP) is 5.63. The third-order valence-electron chi connectivity index (χ3n) is 5.05. The smallest absolute Gasteiger partial charge is 0.257 e. The van der Waals surface area contributed by atoms with Crippen LogP contribution in [-0.2, 0) is 17.8 Å². The van der Waals surface area contributed by atoms with E-state index in [2.05, 4.69) is 44.0 Å². The molecule has 0 bridgehead atoms. The first kappa shape index (κ1) is 22.4. The summed E-state index contributed by atoms with van der Waals surface area (Å²) in [4.78, 5) is 16.9. The van der Waals surface area contributed by atoms with Crippen molar-refractivity contribution in [3.63, 3.8) is 0 Å². The normalized spacial score (nSPS) is 10.9. The molecule has 0 radical (unpaired) electrons. The summed E-state index contributed by atoms with van der Waals surface area (Å²) in [5, 5.41) is 3.54. The van der Waals surface area contributed by atoms with Gasteiger partial charge >= 0.3 is 0 Å². The van der Waals surface area contributed by atoms with Crippen molar-refractivity contribution in [3.8, 4) is 5.75 Å². The summed E-state index contributed by atoms with van der Waals surface area (Å²) in [6.45, 7) is 1.28. The first-order valence-electron chi connectivity index (χ1n) is 10.4. The van der Waals surface area contributed by atoms with Crippen molar-refractivity contribution in [2.75, 3.05) is 13.2 Å². The minimum atomic E-state index is -0.150. The van der Waals surface area contributed by atoms with Crippen LogP contribution in [0.1, 0.15) is 17.8 Å². The zero-order valence-electron chi connectivity index (χ0n) is 17.4. The molecule has 164 valence electrons. The van der Waals surface area contributed by atoms with Gasteiger partial charge in [-0.05, 0) is 60.5 Å². The van der Waals surface area contributed by atoms with Crippen LogP contribution in [0.3, 0.4) is 0 Å². The van der Waals surface area contributed by atoms with Crippen molar-refractivity contribution in [1.82, 2.24) is 14.9 Å². The Bertz CT molecular complexity index is 1210. The molecule has 0 aliphatic heterocycles. The van der Waals surface area contributed by atoms with Gasteiger partial charge in [0.25, 0.3) is 5.91 Å². The molecule has 4 aromatic rings. The van der Waals surface area contributed by atoms with Gasteiger partial charge in [0.05, 0.1) is 11.0 Å². The number of imidazole rings is 1. The van der Waals surface area contributed by atoms with Crippen molar-refractivity contribution in [2.24, 2.45) is 0 Å². The first-order chi connectivity index (χ1) is 15.6. The summed E-state index contributed by atoms with van der Waals surface area (Å²) in [5.74, 6) is 1.48. The van der Waals surface area contributed by atoms with Gasteiger partial charge in [0.15, 0.2) is 6.61 Å². The van der Waals surface area contributed by atoms with E-state index in [1.54, 1.807) is 24.3 Å². The summed E-state index contributed by atoms with van der Waals surface area (Å²) in [6.07, 6.45) is 1.55. The van der Waals surface area contributed by atoms with Gasteiger partial charge in [0.1, 0.15) is 11.6 Å². The number of halogens is 2. The van der Waals surface area contributed by atoms with Crippen LogP contribution in [0, 0.1) is 0 Å². The number of benzene rings is 3. The molecule has 0 saturated heterocycles. The number of hydrogen-bond acceptors (Lipinski definition) is 3. The number of amides is 1. The lowest BCUT2D eigenvalue weighted by molar-refractivity contribution is -0.123. The zero-order chi connectivity index (χ0) is 22.3. The van der Waals surface area contributed by atoms with E-state index in [0.717, 1.165) is 40.7 Å². The molecule has 0 aliphatic carbocycles. The molecule has 1 aromatic heterocycles. The Hall–Kier alpha value is -2.83. The molecule has 0 spiro atoms. The van der Waals surface area contributed by atoms with Gasteiger partial charge in [-0.25, -0.2) is 4.98 Å². The van der Waals surface area contributed by atoms with Crippen LogP contribution in [0.25, 0.3) is 11.0 Å². The standard InChI is InChI=1S/C25H23BrClN3O2/c26-19-6-3-5-18(15-19)16-30-23-8-2-1-7-22(23)29-24(30)9-4-14-28-25(31)17-32-21-12-10-20(27)11-13-21/h1-3,5-8,10-13,15H,4,9,14,16-17H2,(H,28,31). The molecular weight excluding hydrogens is 490 g/mol. The second-order valence-corrected chi connectivity index (χ2v) is 8.78. The highest BCUT2D eigenvalue weighted by atomic mass is 79.9. The van der Waals surface area contributed by atoms with E-state index in [4.69, 9.17) is 21.3 Å². The van der Waals surface area contributed by atoms with Crippen LogP contribution in [0.2, 0.25) is 5.02 Å². The number of ether oxygens (including phenoxy) is 1. The Morgan fingerprint density at radius 2 is 1.88 bits per heavy atom. The van der Waals surface area contributed by atoms with Crippen LogP contribution in [-0.4, -0.2) is 28.6 Å². The lowest BCUT2D eigenvalue weighted by Gasteiger charge is -2.11. The third-order valence-corrected chi connectivity index (χ3v) is 5.79. The first-order valence-corrected chi connectivity index (χ1v) is 11.6. The molecule has 5 nitrogen and oxygen atoms in total. The molecule has 7 heteroatoms. The fourth-order valence-electron chi connectivity index (χ4n) is 3.52. The number of nitrogens with one attached hydrogen (secondary N) is 1. The number of carbonyl (C=O) groups is 1. The summed E-state index contributed by atoms with van der Waals surface area (Å²) in [6, 6.07) is 23.4. The van der Waals surface area contributed by atoms with Gasteiger partial charge in [-0.3, -0.25) is 4.79 Å². The number of carbonyl (C=O) groups excluding carboxylic acids is 1. The van der Waals surface area contributed by atoms with Gasteiger partial charge in [-0.2, -0.15) is 0 Å². The SMILES string of the molecule is O=C(COc1ccc(Cl)cc1)NCCCc1nc2ccccc2n1Cc1cccc(Br)c1. The number of aryl methyl sites for hydroxylation is 1. The lowest BCUT2D eigenvalue weighted by atomic mass is 10.2. The summed E-state index contributed by atoms with van der Waals surface area (Å²) < 4.78 is 8.79. The Morgan fingerprint density at radius 1 is 1.06 bits per heavy atom. The number of nitrogens with zero attached hydrogens (tertiary/aromatic N) is 2.